The molecule has 0 aliphatic carbocycles. The van der Waals surface area contributed by atoms with Gasteiger partial charge < -0.3 is 14.6 Å². The van der Waals surface area contributed by atoms with Gasteiger partial charge in [-0.3, -0.25) is 0 Å². The first kappa shape index (κ1) is 13.1. The number of carboxylic acids is 1. The number of hydrogen-bond acceptors (Lipinski definition) is 3. The monoisotopic (exact) mass is 250 g/mol. The molecule has 1 aromatic rings. The van der Waals surface area contributed by atoms with Crippen LogP contribution in [0.15, 0.2) is 30.3 Å². The molecule has 1 saturated heterocycles. The van der Waals surface area contributed by atoms with Crippen molar-refractivity contribution in [2.45, 2.75) is 38.1 Å². The summed E-state index contributed by atoms with van der Waals surface area (Å²) in [5.74, 6) is -0.877. The van der Waals surface area contributed by atoms with Gasteiger partial charge >= 0.3 is 5.97 Å². The van der Waals surface area contributed by atoms with E-state index in [0.29, 0.717) is 19.6 Å². The van der Waals surface area contributed by atoms with Gasteiger partial charge in [0, 0.05) is 13.0 Å². The quantitative estimate of drug-likeness (QED) is 0.786. The zero-order chi connectivity index (χ0) is 13.0. The molecule has 0 saturated carbocycles. The van der Waals surface area contributed by atoms with Crippen molar-refractivity contribution >= 4 is 5.97 Å². The molecule has 0 bridgehead atoms. The molecule has 2 unspecified atom stereocenters. The average molecular weight is 250 g/mol. The van der Waals surface area contributed by atoms with Crippen molar-refractivity contribution in [3.8, 4) is 0 Å². The summed E-state index contributed by atoms with van der Waals surface area (Å²) in [6.45, 7) is 3.09. The SMILES string of the molecule is CC1(CCOCc2ccccc2)CC(C(=O)O)O1. The van der Waals surface area contributed by atoms with Crippen LogP contribution in [0.2, 0.25) is 0 Å². The van der Waals surface area contributed by atoms with Gasteiger partial charge in [0.1, 0.15) is 0 Å². The molecule has 98 valence electrons. The minimum Gasteiger partial charge on any atom is -0.479 e. The van der Waals surface area contributed by atoms with E-state index in [-0.39, 0.29) is 5.60 Å². The second kappa shape index (κ2) is 5.50. The Morgan fingerprint density at radius 3 is 2.78 bits per heavy atom. The van der Waals surface area contributed by atoms with Gasteiger partial charge in [0.05, 0.1) is 12.2 Å². The highest BCUT2D eigenvalue weighted by atomic mass is 16.6. The second-order valence-corrected chi connectivity index (χ2v) is 4.89. The molecule has 0 aromatic heterocycles. The number of hydrogen-bond donors (Lipinski definition) is 1. The largest absolute Gasteiger partial charge is 0.479 e. The third kappa shape index (κ3) is 3.31. The van der Waals surface area contributed by atoms with E-state index < -0.39 is 12.1 Å². The van der Waals surface area contributed by atoms with Crippen molar-refractivity contribution in [3.63, 3.8) is 0 Å². The number of rotatable bonds is 6. The van der Waals surface area contributed by atoms with Gasteiger partial charge in [0.25, 0.3) is 0 Å². The number of ether oxygens (including phenoxy) is 2. The Hall–Kier alpha value is -1.39. The first-order chi connectivity index (χ1) is 8.59. The molecular formula is C14H18O4. The fourth-order valence-corrected chi connectivity index (χ4v) is 2.08. The van der Waals surface area contributed by atoms with E-state index in [1.165, 1.54) is 0 Å². The van der Waals surface area contributed by atoms with E-state index in [2.05, 4.69) is 0 Å². The Morgan fingerprint density at radius 1 is 1.50 bits per heavy atom. The maximum absolute atomic E-state index is 10.6. The Morgan fingerprint density at radius 2 is 2.17 bits per heavy atom. The van der Waals surface area contributed by atoms with Crippen LogP contribution >= 0.6 is 0 Å². The third-order valence-electron chi connectivity index (χ3n) is 3.21. The molecular weight excluding hydrogens is 232 g/mol. The van der Waals surface area contributed by atoms with Crippen molar-refractivity contribution in [3.05, 3.63) is 35.9 Å². The molecule has 2 rings (SSSR count). The van der Waals surface area contributed by atoms with Crippen LogP contribution in [-0.4, -0.2) is 29.4 Å². The Bertz CT molecular complexity index is 396. The van der Waals surface area contributed by atoms with Gasteiger partial charge in [0.2, 0.25) is 0 Å². The summed E-state index contributed by atoms with van der Waals surface area (Å²) < 4.78 is 10.9. The van der Waals surface area contributed by atoms with Crippen molar-refractivity contribution in [1.82, 2.24) is 0 Å². The minimum absolute atomic E-state index is 0.334. The van der Waals surface area contributed by atoms with Gasteiger partial charge in [-0.15, -0.1) is 0 Å². The topological polar surface area (TPSA) is 55.8 Å². The normalized spacial score (nSPS) is 26.6. The average Bonchev–Trinajstić information content (AvgIpc) is 2.32. The van der Waals surface area contributed by atoms with E-state index in [0.717, 1.165) is 12.0 Å². The lowest BCUT2D eigenvalue weighted by Gasteiger charge is -2.43. The number of carbonyl (C=O) groups is 1. The van der Waals surface area contributed by atoms with Crippen LogP contribution in [-0.2, 0) is 20.9 Å². The smallest absolute Gasteiger partial charge is 0.332 e. The highest BCUT2D eigenvalue weighted by molar-refractivity contribution is 5.73. The van der Waals surface area contributed by atoms with Gasteiger partial charge in [-0.2, -0.15) is 0 Å². The Labute approximate surface area is 107 Å². The standard InChI is InChI=1S/C14H18O4/c1-14(9-12(18-14)13(15)16)7-8-17-10-11-5-3-2-4-6-11/h2-6,12H,7-10H2,1H3,(H,15,16). The molecule has 4 nitrogen and oxygen atoms in total. The van der Waals surface area contributed by atoms with Crippen LogP contribution in [0.4, 0.5) is 0 Å². The third-order valence-corrected chi connectivity index (χ3v) is 3.21. The Balaban J connectivity index is 1.63. The molecule has 1 aromatic carbocycles. The first-order valence-electron chi connectivity index (χ1n) is 6.11. The molecule has 0 spiro atoms. The molecule has 1 fully saturated rings. The lowest BCUT2D eigenvalue weighted by Crippen LogP contribution is -2.52. The van der Waals surface area contributed by atoms with Gasteiger partial charge in [-0.05, 0) is 18.9 Å². The van der Waals surface area contributed by atoms with E-state index in [4.69, 9.17) is 14.6 Å². The molecule has 1 aliphatic heterocycles. The second-order valence-electron chi connectivity index (χ2n) is 4.89. The fraction of sp³-hybridized carbons (Fsp3) is 0.500. The zero-order valence-corrected chi connectivity index (χ0v) is 10.5. The maximum Gasteiger partial charge on any atom is 0.332 e. The summed E-state index contributed by atoms with van der Waals surface area (Å²) in [6.07, 6.45) is 0.657. The summed E-state index contributed by atoms with van der Waals surface area (Å²) >= 11 is 0. The van der Waals surface area contributed by atoms with Crippen molar-refractivity contribution < 1.29 is 19.4 Å². The summed E-state index contributed by atoms with van der Waals surface area (Å²) in [5, 5.41) is 8.73. The molecule has 18 heavy (non-hydrogen) atoms. The van der Waals surface area contributed by atoms with Crippen LogP contribution < -0.4 is 0 Å². The highest BCUT2D eigenvalue weighted by Crippen LogP contribution is 2.35. The molecule has 1 aliphatic rings. The fourth-order valence-electron chi connectivity index (χ4n) is 2.08. The highest BCUT2D eigenvalue weighted by Gasteiger charge is 2.44. The Kier molecular flexibility index (Phi) is 3.99. The van der Waals surface area contributed by atoms with E-state index in [1.54, 1.807) is 0 Å². The lowest BCUT2D eigenvalue weighted by molar-refractivity contribution is -0.217. The van der Waals surface area contributed by atoms with Crippen molar-refractivity contribution in [1.29, 1.82) is 0 Å². The minimum atomic E-state index is -0.877. The number of benzene rings is 1. The molecule has 1 N–H and O–H groups in total. The number of aliphatic carboxylic acids is 1. The molecule has 1 heterocycles. The van der Waals surface area contributed by atoms with Crippen LogP contribution in [0, 0.1) is 0 Å². The zero-order valence-electron chi connectivity index (χ0n) is 10.5. The molecule has 2 atom stereocenters. The van der Waals surface area contributed by atoms with Gasteiger partial charge in [-0.25, -0.2) is 4.79 Å². The van der Waals surface area contributed by atoms with Crippen LogP contribution in [0.25, 0.3) is 0 Å². The summed E-state index contributed by atoms with van der Waals surface area (Å²) in [7, 11) is 0. The van der Waals surface area contributed by atoms with Gasteiger partial charge in [-0.1, -0.05) is 30.3 Å². The summed E-state index contributed by atoms with van der Waals surface area (Å²) in [6, 6.07) is 9.96. The van der Waals surface area contributed by atoms with E-state index in [9.17, 15) is 4.79 Å². The first-order valence-corrected chi connectivity index (χ1v) is 6.11. The number of carboxylic acid groups (broad SMARTS) is 1. The predicted molar refractivity (Wildman–Crippen MR) is 66.2 cm³/mol. The molecule has 0 amide bonds. The molecule has 4 heteroatoms. The lowest BCUT2D eigenvalue weighted by atomic mass is 9.88. The summed E-state index contributed by atoms with van der Waals surface area (Å²) in [4.78, 5) is 10.6. The van der Waals surface area contributed by atoms with E-state index >= 15 is 0 Å². The molecule has 0 radical (unpaired) electrons. The van der Waals surface area contributed by atoms with Crippen LogP contribution in [0.5, 0.6) is 0 Å². The van der Waals surface area contributed by atoms with Crippen LogP contribution in [0.1, 0.15) is 25.3 Å². The van der Waals surface area contributed by atoms with Gasteiger partial charge in [0.15, 0.2) is 6.10 Å². The van der Waals surface area contributed by atoms with Crippen molar-refractivity contribution in [2.24, 2.45) is 0 Å². The maximum atomic E-state index is 10.6. The summed E-state index contributed by atoms with van der Waals surface area (Å²) in [5.41, 5.74) is 0.806. The predicted octanol–water partition coefficient (Wildman–Crippen LogP) is 2.23. The van der Waals surface area contributed by atoms with Crippen molar-refractivity contribution in [2.75, 3.05) is 6.61 Å². The van der Waals surface area contributed by atoms with Crippen LogP contribution in [0.3, 0.4) is 0 Å². The van der Waals surface area contributed by atoms with E-state index in [1.807, 2.05) is 37.3 Å².